The van der Waals surface area contributed by atoms with Crippen molar-refractivity contribution >= 4 is 23.4 Å². The molecule has 0 saturated carbocycles. The number of amides is 1. The number of anilines is 1. The highest BCUT2D eigenvalue weighted by atomic mass is 32.2. The van der Waals surface area contributed by atoms with Gasteiger partial charge in [0.1, 0.15) is 5.25 Å². The molecular weight excluding hydrogens is 382 g/mol. The van der Waals surface area contributed by atoms with Crippen LogP contribution in [0.1, 0.15) is 47.5 Å². The van der Waals surface area contributed by atoms with Crippen molar-refractivity contribution in [1.29, 1.82) is 0 Å². The second kappa shape index (κ2) is 9.60. The highest BCUT2D eigenvalue weighted by molar-refractivity contribution is 8.00. The third-order valence-electron chi connectivity index (χ3n) is 4.70. The molecule has 0 aliphatic carbocycles. The van der Waals surface area contributed by atoms with Crippen LogP contribution in [0.3, 0.4) is 0 Å². The Morgan fingerprint density at radius 2 is 1.93 bits per heavy atom. The first-order chi connectivity index (χ1) is 14.0. The first-order valence-corrected chi connectivity index (χ1v) is 10.7. The Kier molecular flexibility index (Phi) is 6.93. The van der Waals surface area contributed by atoms with E-state index < -0.39 is 5.25 Å². The van der Waals surface area contributed by atoms with Gasteiger partial charge in [0.15, 0.2) is 5.82 Å². The number of nitrogen functional groups attached to an aromatic ring is 1. The Hall–Kier alpha value is -2.80. The number of hydrogen-bond donors (Lipinski definition) is 2. The lowest BCUT2D eigenvalue weighted by Gasteiger charge is -2.17. The van der Waals surface area contributed by atoms with Gasteiger partial charge in [-0.15, -0.1) is 10.2 Å². The Labute approximate surface area is 175 Å². The minimum atomic E-state index is -0.498. The van der Waals surface area contributed by atoms with Gasteiger partial charge in [0.2, 0.25) is 11.1 Å². The van der Waals surface area contributed by atoms with Gasteiger partial charge in [-0.05, 0) is 43.0 Å². The molecule has 3 rings (SSSR count). The van der Waals surface area contributed by atoms with Crippen molar-refractivity contribution in [3.63, 3.8) is 0 Å². The van der Waals surface area contributed by atoms with E-state index in [0.717, 1.165) is 47.5 Å². The summed E-state index contributed by atoms with van der Waals surface area (Å²) in [5, 5.41) is 11.5. The molecule has 0 aliphatic rings. The van der Waals surface area contributed by atoms with Crippen LogP contribution >= 0.6 is 11.8 Å². The summed E-state index contributed by atoms with van der Waals surface area (Å²) in [6, 6.07) is 15.7. The first-order valence-electron chi connectivity index (χ1n) is 9.78. The van der Waals surface area contributed by atoms with E-state index >= 15 is 0 Å². The maximum atomic E-state index is 13.2. The van der Waals surface area contributed by atoms with Gasteiger partial charge in [0.25, 0.3) is 0 Å². The van der Waals surface area contributed by atoms with Gasteiger partial charge in [-0.25, -0.2) is 4.68 Å². The van der Waals surface area contributed by atoms with Gasteiger partial charge in [-0.3, -0.25) is 4.79 Å². The molecule has 0 bridgehead atoms. The lowest BCUT2D eigenvalue weighted by atomic mass is 10.1. The number of aryl methyl sites for hydroxylation is 3. The van der Waals surface area contributed by atoms with Crippen LogP contribution in [0, 0.1) is 13.8 Å². The molecule has 1 amide bonds. The summed E-state index contributed by atoms with van der Waals surface area (Å²) in [5.74, 6) is 6.82. The fourth-order valence-electron chi connectivity index (χ4n) is 2.97. The Balaban J connectivity index is 1.87. The summed E-state index contributed by atoms with van der Waals surface area (Å²) in [7, 11) is 0. The van der Waals surface area contributed by atoms with Gasteiger partial charge in [0.05, 0.1) is 0 Å². The van der Waals surface area contributed by atoms with Gasteiger partial charge in [0, 0.05) is 12.1 Å². The van der Waals surface area contributed by atoms with Crippen molar-refractivity contribution < 1.29 is 4.79 Å². The van der Waals surface area contributed by atoms with Crippen LogP contribution < -0.4 is 11.2 Å². The molecule has 0 fully saturated rings. The van der Waals surface area contributed by atoms with Crippen molar-refractivity contribution in [2.24, 2.45) is 0 Å². The molecule has 0 saturated heterocycles. The van der Waals surface area contributed by atoms with E-state index in [1.807, 2.05) is 62.4 Å². The van der Waals surface area contributed by atoms with E-state index in [1.54, 1.807) is 0 Å². The molecule has 3 N–H and O–H groups in total. The zero-order chi connectivity index (χ0) is 20.8. The molecule has 1 unspecified atom stereocenters. The molecule has 1 aromatic heterocycles. The molecule has 6 nitrogen and oxygen atoms in total. The number of rotatable bonds is 8. The highest BCUT2D eigenvalue weighted by Crippen LogP contribution is 2.35. The predicted molar refractivity (Wildman–Crippen MR) is 118 cm³/mol. The third kappa shape index (κ3) is 5.17. The van der Waals surface area contributed by atoms with Crippen molar-refractivity contribution in [3.8, 4) is 0 Å². The molecule has 0 aliphatic heterocycles. The minimum absolute atomic E-state index is 0.118. The van der Waals surface area contributed by atoms with E-state index in [0.29, 0.717) is 5.16 Å². The lowest BCUT2D eigenvalue weighted by molar-refractivity contribution is -0.115. The fourth-order valence-corrected chi connectivity index (χ4v) is 3.94. The van der Waals surface area contributed by atoms with Crippen LogP contribution in [-0.2, 0) is 11.2 Å². The molecule has 29 heavy (non-hydrogen) atoms. The number of carbonyl (C=O) groups is 1. The molecule has 7 heteroatoms. The average molecular weight is 410 g/mol. The topological polar surface area (TPSA) is 85.8 Å². The zero-order valence-corrected chi connectivity index (χ0v) is 17.9. The number of unbranched alkanes of at least 4 members (excludes halogenated alkanes) is 1. The number of thioether (sulfide) groups is 1. The van der Waals surface area contributed by atoms with Crippen LogP contribution in [0.4, 0.5) is 5.69 Å². The molecule has 152 valence electrons. The number of hydrogen-bond acceptors (Lipinski definition) is 5. The molecule has 3 aromatic rings. The molecule has 1 atom stereocenters. The highest BCUT2D eigenvalue weighted by Gasteiger charge is 2.25. The van der Waals surface area contributed by atoms with Gasteiger partial charge in [-0.2, -0.15) is 0 Å². The number of aromatic nitrogens is 3. The number of carbonyl (C=O) groups excluding carboxylic acids is 1. The number of nitrogens with two attached hydrogens (primary N) is 1. The Morgan fingerprint density at radius 3 is 2.66 bits per heavy atom. The number of nitrogens with one attached hydrogen (secondary N) is 1. The molecule has 0 radical (unpaired) electrons. The van der Waals surface area contributed by atoms with E-state index in [9.17, 15) is 4.79 Å². The van der Waals surface area contributed by atoms with E-state index in [2.05, 4.69) is 22.4 Å². The predicted octanol–water partition coefficient (Wildman–Crippen LogP) is 4.42. The molecular formula is C22H27N5OS. The van der Waals surface area contributed by atoms with Crippen LogP contribution in [-0.4, -0.2) is 20.8 Å². The van der Waals surface area contributed by atoms with Gasteiger partial charge >= 0.3 is 0 Å². The van der Waals surface area contributed by atoms with Crippen molar-refractivity contribution in [2.75, 3.05) is 11.2 Å². The SMILES string of the molecule is CCCCc1nnc(SC(C(=O)Nc2cc(C)ccc2C)c2ccccc2)n1N. The quantitative estimate of drug-likeness (QED) is 0.425. The number of benzene rings is 2. The number of nitrogens with zero attached hydrogens (tertiary/aromatic N) is 3. The third-order valence-corrected chi connectivity index (χ3v) is 5.91. The Morgan fingerprint density at radius 1 is 1.17 bits per heavy atom. The summed E-state index contributed by atoms with van der Waals surface area (Å²) in [6.07, 6.45) is 2.82. The maximum absolute atomic E-state index is 13.2. The largest absolute Gasteiger partial charge is 0.336 e. The second-order valence-corrected chi connectivity index (χ2v) is 8.16. The van der Waals surface area contributed by atoms with E-state index in [1.165, 1.54) is 16.4 Å². The smallest absolute Gasteiger partial charge is 0.242 e. The van der Waals surface area contributed by atoms with Crippen LogP contribution in [0.2, 0.25) is 0 Å². The zero-order valence-electron chi connectivity index (χ0n) is 17.1. The van der Waals surface area contributed by atoms with Gasteiger partial charge in [-0.1, -0.05) is 67.6 Å². The molecule has 2 aromatic carbocycles. The van der Waals surface area contributed by atoms with E-state index in [-0.39, 0.29) is 5.91 Å². The maximum Gasteiger partial charge on any atom is 0.242 e. The summed E-state index contributed by atoms with van der Waals surface area (Å²) in [4.78, 5) is 13.2. The monoisotopic (exact) mass is 409 g/mol. The minimum Gasteiger partial charge on any atom is -0.336 e. The average Bonchev–Trinajstić information content (AvgIpc) is 3.07. The first kappa shape index (κ1) is 20.9. The second-order valence-electron chi connectivity index (χ2n) is 7.09. The summed E-state index contributed by atoms with van der Waals surface area (Å²) < 4.78 is 1.50. The molecule has 0 spiro atoms. The van der Waals surface area contributed by atoms with Crippen LogP contribution in [0.15, 0.2) is 53.7 Å². The lowest BCUT2D eigenvalue weighted by Crippen LogP contribution is -2.21. The standard InChI is InChI=1S/C22H27N5OS/c1-4-5-11-19-25-26-22(27(19)23)29-20(17-9-7-6-8-10-17)21(28)24-18-14-15(2)12-13-16(18)3/h6-10,12-14,20H,4-5,11,23H2,1-3H3,(H,24,28). The van der Waals surface area contributed by atoms with Crippen LogP contribution in [0.5, 0.6) is 0 Å². The van der Waals surface area contributed by atoms with Crippen molar-refractivity contribution in [3.05, 3.63) is 71.0 Å². The summed E-state index contributed by atoms with van der Waals surface area (Å²) >= 11 is 1.31. The van der Waals surface area contributed by atoms with Crippen molar-refractivity contribution in [2.45, 2.75) is 50.4 Å². The summed E-state index contributed by atoms with van der Waals surface area (Å²) in [6.45, 7) is 6.11. The van der Waals surface area contributed by atoms with Crippen molar-refractivity contribution in [1.82, 2.24) is 14.9 Å². The summed E-state index contributed by atoms with van der Waals surface area (Å²) in [5.41, 5.74) is 3.81. The van der Waals surface area contributed by atoms with Gasteiger partial charge < -0.3 is 11.2 Å². The fraction of sp³-hybridized carbons (Fsp3) is 0.318. The van der Waals surface area contributed by atoms with Crippen LogP contribution in [0.25, 0.3) is 0 Å². The normalized spacial score (nSPS) is 12.0. The molecule has 1 heterocycles. The Bertz CT molecular complexity index is 971. The van der Waals surface area contributed by atoms with E-state index in [4.69, 9.17) is 5.84 Å².